The van der Waals surface area contributed by atoms with Crippen molar-refractivity contribution in [2.24, 2.45) is 0 Å². The van der Waals surface area contributed by atoms with E-state index in [0.29, 0.717) is 18.3 Å². The second-order valence-corrected chi connectivity index (χ2v) is 5.58. The van der Waals surface area contributed by atoms with Gasteiger partial charge >= 0.3 is 0 Å². The molecular weight excluding hydrogens is 274 g/mol. The number of nitrogens with one attached hydrogen (secondary N) is 2. The Labute approximate surface area is 132 Å². The van der Waals surface area contributed by atoms with Gasteiger partial charge in [-0.05, 0) is 44.4 Å². The van der Waals surface area contributed by atoms with E-state index in [-0.39, 0.29) is 5.91 Å². The first-order valence-electron chi connectivity index (χ1n) is 7.70. The van der Waals surface area contributed by atoms with E-state index >= 15 is 0 Å². The Morgan fingerprint density at radius 1 is 1.14 bits per heavy atom. The van der Waals surface area contributed by atoms with Gasteiger partial charge in [-0.15, -0.1) is 0 Å². The topological polar surface area (TPSA) is 54.0 Å². The molecule has 2 rings (SSSR count). The zero-order valence-corrected chi connectivity index (χ0v) is 13.2. The number of benzene rings is 1. The smallest absolute Gasteiger partial charge is 0.269 e. The monoisotopic (exact) mass is 297 g/mol. The van der Waals surface area contributed by atoms with Crippen LogP contribution in [0.4, 0.5) is 5.69 Å². The predicted octanol–water partition coefficient (Wildman–Crippen LogP) is 3.26. The van der Waals surface area contributed by atoms with Gasteiger partial charge in [0.1, 0.15) is 5.69 Å². The molecule has 2 N–H and O–H groups in total. The van der Waals surface area contributed by atoms with Crippen molar-refractivity contribution >= 4 is 11.6 Å². The first kappa shape index (κ1) is 16.0. The molecule has 0 fully saturated rings. The molecule has 4 nitrogen and oxygen atoms in total. The molecule has 0 unspecified atom stereocenters. The Bertz CT molecular complexity index is 579. The minimum absolute atomic E-state index is 0.121. The molecule has 1 aromatic carbocycles. The number of nitrogens with zero attached hydrogens (tertiary/aromatic N) is 1. The molecule has 0 atom stereocenters. The van der Waals surface area contributed by atoms with Gasteiger partial charge in [0.25, 0.3) is 5.91 Å². The molecule has 1 amide bonds. The maximum absolute atomic E-state index is 12.0. The summed E-state index contributed by atoms with van der Waals surface area (Å²) in [4.78, 5) is 16.2. The maximum Gasteiger partial charge on any atom is 0.269 e. The van der Waals surface area contributed by atoms with E-state index in [0.717, 1.165) is 18.5 Å². The predicted molar refractivity (Wildman–Crippen MR) is 90.1 cm³/mol. The lowest BCUT2D eigenvalue weighted by Gasteiger charge is -2.10. The molecule has 0 aliphatic rings. The summed E-state index contributed by atoms with van der Waals surface area (Å²) < 4.78 is 0. The van der Waals surface area contributed by atoms with E-state index in [9.17, 15) is 4.79 Å². The van der Waals surface area contributed by atoms with Gasteiger partial charge in [0.15, 0.2) is 0 Å². The molecule has 0 radical (unpaired) electrons. The third-order valence-electron chi connectivity index (χ3n) is 3.22. The quantitative estimate of drug-likeness (QED) is 0.771. The van der Waals surface area contributed by atoms with Crippen LogP contribution in [0.25, 0.3) is 0 Å². The van der Waals surface area contributed by atoms with Crippen LogP contribution in [0.15, 0.2) is 48.7 Å². The van der Waals surface area contributed by atoms with Crippen molar-refractivity contribution in [1.29, 1.82) is 0 Å². The standard InChI is InChI=1S/C18H23N3O/c1-14(2)21-16-10-11-17(20-13-16)18(22)19-12-6-9-15-7-4-3-5-8-15/h3-5,7-8,10-11,13-14,21H,6,9,12H2,1-2H3,(H,19,22). The fourth-order valence-electron chi connectivity index (χ4n) is 2.18. The normalized spacial score (nSPS) is 10.5. The van der Waals surface area contributed by atoms with Crippen molar-refractivity contribution in [1.82, 2.24) is 10.3 Å². The van der Waals surface area contributed by atoms with E-state index in [2.05, 4.69) is 41.6 Å². The Morgan fingerprint density at radius 2 is 1.91 bits per heavy atom. The highest BCUT2D eigenvalue weighted by molar-refractivity contribution is 5.92. The van der Waals surface area contributed by atoms with Crippen molar-refractivity contribution in [2.45, 2.75) is 32.7 Å². The molecule has 1 heterocycles. The summed E-state index contributed by atoms with van der Waals surface area (Å²) in [6, 6.07) is 14.3. The van der Waals surface area contributed by atoms with Crippen LogP contribution in [0.5, 0.6) is 0 Å². The van der Waals surface area contributed by atoms with Crippen LogP contribution < -0.4 is 10.6 Å². The number of aryl methyl sites for hydroxylation is 1. The molecule has 0 spiro atoms. The zero-order chi connectivity index (χ0) is 15.8. The highest BCUT2D eigenvalue weighted by Crippen LogP contribution is 2.07. The SMILES string of the molecule is CC(C)Nc1ccc(C(=O)NCCCc2ccccc2)nc1. The van der Waals surface area contributed by atoms with Crippen molar-refractivity contribution in [2.75, 3.05) is 11.9 Å². The van der Waals surface area contributed by atoms with Crippen LogP contribution in [-0.4, -0.2) is 23.5 Å². The molecule has 0 aliphatic carbocycles. The number of anilines is 1. The van der Waals surface area contributed by atoms with Crippen molar-refractivity contribution in [3.05, 3.63) is 59.9 Å². The average molecular weight is 297 g/mol. The number of pyridine rings is 1. The van der Waals surface area contributed by atoms with Crippen LogP contribution in [0.3, 0.4) is 0 Å². The van der Waals surface area contributed by atoms with E-state index in [1.165, 1.54) is 5.56 Å². The van der Waals surface area contributed by atoms with Gasteiger partial charge < -0.3 is 10.6 Å². The van der Waals surface area contributed by atoms with Gasteiger partial charge in [-0.25, -0.2) is 4.98 Å². The Kier molecular flexibility index (Phi) is 5.95. The summed E-state index contributed by atoms with van der Waals surface area (Å²) >= 11 is 0. The summed E-state index contributed by atoms with van der Waals surface area (Å²) in [6.45, 7) is 4.78. The number of aromatic nitrogens is 1. The fourth-order valence-corrected chi connectivity index (χ4v) is 2.18. The third kappa shape index (κ3) is 5.20. The fraction of sp³-hybridized carbons (Fsp3) is 0.333. The molecule has 116 valence electrons. The minimum Gasteiger partial charge on any atom is -0.382 e. The van der Waals surface area contributed by atoms with Gasteiger partial charge in [-0.2, -0.15) is 0 Å². The summed E-state index contributed by atoms with van der Waals surface area (Å²) in [5.74, 6) is -0.121. The second kappa shape index (κ2) is 8.17. The van der Waals surface area contributed by atoms with Crippen LogP contribution in [0, 0.1) is 0 Å². The summed E-state index contributed by atoms with van der Waals surface area (Å²) in [6.07, 6.45) is 3.58. The highest BCUT2D eigenvalue weighted by Gasteiger charge is 2.06. The van der Waals surface area contributed by atoms with Gasteiger partial charge in [0.05, 0.1) is 11.9 Å². The molecular formula is C18H23N3O. The lowest BCUT2D eigenvalue weighted by Crippen LogP contribution is -2.25. The van der Waals surface area contributed by atoms with Gasteiger partial charge in [-0.3, -0.25) is 4.79 Å². The number of carbonyl (C=O) groups excluding carboxylic acids is 1. The molecule has 0 saturated heterocycles. The van der Waals surface area contributed by atoms with E-state index in [1.807, 2.05) is 24.3 Å². The molecule has 2 aromatic rings. The molecule has 22 heavy (non-hydrogen) atoms. The van der Waals surface area contributed by atoms with E-state index in [4.69, 9.17) is 0 Å². The largest absolute Gasteiger partial charge is 0.382 e. The first-order chi connectivity index (χ1) is 10.6. The van der Waals surface area contributed by atoms with Gasteiger partial charge in [-0.1, -0.05) is 30.3 Å². The van der Waals surface area contributed by atoms with E-state index in [1.54, 1.807) is 12.3 Å². The minimum atomic E-state index is -0.121. The van der Waals surface area contributed by atoms with Crippen molar-refractivity contribution in [3.8, 4) is 0 Å². The number of rotatable bonds is 7. The number of hydrogen-bond donors (Lipinski definition) is 2. The van der Waals surface area contributed by atoms with Crippen LogP contribution in [0.1, 0.15) is 36.3 Å². The molecule has 0 saturated carbocycles. The molecule has 4 heteroatoms. The first-order valence-corrected chi connectivity index (χ1v) is 7.70. The molecule has 1 aromatic heterocycles. The Morgan fingerprint density at radius 3 is 2.55 bits per heavy atom. The lowest BCUT2D eigenvalue weighted by molar-refractivity contribution is 0.0948. The molecule has 0 aliphatic heterocycles. The number of carbonyl (C=O) groups is 1. The van der Waals surface area contributed by atoms with Crippen molar-refractivity contribution < 1.29 is 4.79 Å². The summed E-state index contributed by atoms with van der Waals surface area (Å²) in [7, 11) is 0. The Balaban J connectivity index is 1.75. The lowest BCUT2D eigenvalue weighted by atomic mass is 10.1. The van der Waals surface area contributed by atoms with Crippen LogP contribution in [-0.2, 0) is 6.42 Å². The van der Waals surface area contributed by atoms with E-state index < -0.39 is 0 Å². The van der Waals surface area contributed by atoms with Gasteiger partial charge in [0, 0.05) is 12.6 Å². The second-order valence-electron chi connectivity index (χ2n) is 5.58. The third-order valence-corrected chi connectivity index (χ3v) is 3.22. The van der Waals surface area contributed by atoms with Crippen LogP contribution in [0.2, 0.25) is 0 Å². The average Bonchev–Trinajstić information content (AvgIpc) is 2.52. The summed E-state index contributed by atoms with van der Waals surface area (Å²) in [5.41, 5.74) is 2.67. The summed E-state index contributed by atoms with van der Waals surface area (Å²) in [5, 5.41) is 6.15. The molecule has 0 bridgehead atoms. The zero-order valence-electron chi connectivity index (χ0n) is 13.2. The number of amides is 1. The maximum atomic E-state index is 12.0. The Hall–Kier alpha value is -2.36. The van der Waals surface area contributed by atoms with Crippen LogP contribution >= 0.6 is 0 Å². The van der Waals surface area contributed by atoms with Gasteiger partial charge in [0.2, 0.25) is 0 Å². The van der Waals surface area contributed by atoms with Crippen molar-refractivity contribution in [3.63, 3.8) is 0 Å². The number of hydrogen-bond acceptors (Lipinski definition) is 3. The highest BCUT2D eigenvalue weighted by atomic mass is 16.1.